The quantitative estimate of drug-likeness (QED) is 0.203. The van der Waals surface area contributed by atoms with Gasteiger partial charge >= 0.3 is 12.1 Å². The molecule has 4 atom stereocenters. The van der Waals surface area contributed by atoms with Gasteiger partial charge in [-0.15, -0.1) is 0 Å². The number of hydrogen-bond acceptors (Lipinski definition) is 8. The largest absolute Gasteiger partial charge is 0.480 e. The van der Waals surface area contributed by atoms with Crippen LogP contribution in [-0.2, 0) is 39.9 Å². The Kier molecular flexibility index (Phi) is 14.0. The molecule has 2 aliphatic heterocycles. The topological polar surface area (TPSA) is 184 Å². The van der Waals surface area contributed by atoms with Gasteiger partial charge < -0.3 is 35.4 Å². The third-order valence-electron chi connectivity index (χ3n) is 7.90. The maximum absolute atomic E-state index is 13.7. The highest BCUT2D eigenvalue weighted by Crippen LogP contribution is 2.21. The van der Waals surface area contributed by atoms with Crippen LogP contribution < -0.4 is 16.0 Å². The van der Waals surface area contributed by atoms with Crippen LogP contribution >= 0.6 is 0 Å². The molecule has 5 amide bonds. The summed E-state index contributed by atoms with van der Waals surface area (Å²) < 4.78 is 11.1. The fourth-order valence-electron chi connectivity index (χ4n) is 5.55. The van der Waals surface area contributed by atoms with Crippen molar-refractivity contribution in [2.24, 2.45) is 0 Å². The Morgan fingerprint density at radius 3 is 2.23 bits per heavy atom. The fourth-order valence-corrected chi connectivity index (χ4v) is 5.55. The van der Waals surface area contributed by atoms with Gasteiger partial charge in [-0.05, 0) is 58.4 Å². The molecule has 1 aromatic rings. The summed E-state index contributed by atoms with van der Waals surface area (Å²) in [4.78, 5) is 80.3. The van der Waals surface area contributed by atoms with E-state index in [1.807, 2.05) is 13.0 Å². The second-order valence-electron chi connectivity index (χ2n) is 12.9. The molecule has 0 unspecified atom stereocenters. The van der Waals surface area contributed by atoms with Gasteiger partial charge in [0.05, 0.1) is 13.2 Å². The number of nitrogens with one attached hydrogen (secondary N) is 3. The Morgan fingerprint density at radius 2 is 1.60 bits per heavy atom. The Labute approximate surface area is 275 Å². The summed E-state index contributed by atoms with van der Waals surface area (Å²) in [6.45, 7) is 7.53. The first-order chi connectivity index (χ1) is 22.3. The third kappa shape index (κ3) is 11.5. The summed E-state index contributed by atoms with van der Waals surface area (Å²) in [6.07, 6.45) is 2.94. The number of amides is 5. The summed E-state index contributed by atoms with van der Waals surface area (Å²) in [5.41, 5.74) is 0.00981. The van der Waals surface area contributed by atoms with E-state index in [-0.39, 0.29) is 19.6 Å². The number of hydrogen-bond donors (Lipinski definition) is 4. The van der Waals surface area contributed by atoms with Crippen LogP contribution in [0.15, 0.2) is 30.3 Å². The fraction of sp³-hybridized carbons (Fsp3) is 0.636. The average molecular weight is 660 g/mol. The van der Waals surface area contributed by atoms with Crippen molar-refractivity contribution in [2.45, 2.75) is 102 Å². The van der Waals surface area contributed by atoms with Gasteiger partial charge in [0.1, 0.15) is 29.8 Å². The minimum absolute atomic E-state index is 0.0838. The Morgan fingerprint density at radius 1 is 0.936 bits per heavy atom. The lowest BCUT2D eigenvalue weighted by Gasteiger charge is -2.29. The second kappa shape index (κ2) is 17.6. The molecule has 0 spiro atoms. The number of nitrogens with zero attached hydrogens (tertiary/aromatic N) is 2. The lowest BCUT2D eigenvalue weighted by atomic mass is 10.0. The molecule has 2 saturated heterocycles. The zero-order chi connectivity index (χ0) is 34.6. The van der Waals surface area contributed by atoms with Crippen LogP contribution in [0, 0.1) is 0 Å². The number of likely N-dealkylation sites (tertiary alicyclic amines) is 2. The van der Waals surface area contributed by atoms with Crippen LogP contribution in [0.3, 0.4) is 0 Å². The van der Waals surface area contributed by atoms with E-state index in [0.29, 0.717) is 38.8 Å². The second-order valence-corrected chi connectivity index (χ2v) is 12.9. The summed E-state index contributed by atoms with van der Waals surface area (Å²) in [6, 6.07) is 4.88. The first-order valence-corrected chi connectivity index (χ1v) is 16.3. The molecular weight excluding hydrogens is 610 g/mol. The highest BCUT2D eigenvalue weighted by molar-refractivity contribution is 5.95. The van der Waals surface area contributed by atoms with Gasteiger partial charge in [-0.2, -0.15) is 0 Å². The molecule has 2 heterocycles. The van der Waals surface area contributed by atoms with Crippen LogP contribution in [0.25, 0.3) is 0 Å². The number of carboxylic acid groups (broad SMARTS) is 1. The highest BCUT2D eigenvalue weighted by Gasteiger charge is 2.39. The van der Waals surface area contributed by atoms with Crippen molar-refractivity contribution in [3.8, 4) is 0 Å². The first-order valence-electron chi connectivity index (χ1n) is 16.3. The molecule has 4 N–H and O–H groups in total. The van der Waals surface area contributed by atoms with Gasteiger partial charge in [-0.1, -0.05) is 43.7 Å². The van der Waals surface area contributed by atoms with Crippen molar-refractivity contribution in [3.05, 3.63) is 35.9 Å². The third-order valence-corrected chi connectivity index (χ3v) is 7.90. The Bertz CT molecular complexity index is 1250. The van der Waals surface area contributed by atoms with Gasteiger partial charge in [0, 0.05) is 26.1 Å². The zero-order valence-electron chi connectivity index (χ0n) is 27.8. The zero-order valence-corrected chi connectivity index (χ0v) is 27.8. The summed E-state index contributed by atoms with van der Waals surface area (Å²) in [7, 11) is 0. The normalized spacial score (nSPS) is 19.1. The summed E-state index contributed by atoms with van der Waals surface area (Å²) in [5.74, 6) is -3.51. The average Bonchev–Trinajstić information content (AvgIpc) is 3.71. The molecule has 47 heavy (non-hydrogen) atoms. The molecule has 0 saturated carbocycles. The molecule has 260 valence electrons. The number of rotatable bonds is 15. The van der Waals surface area contributed by atoms with E-state index in [9.17, 15) is 33.9 Å². The van der Waals surface area contributed by atoms with Crippen LogP contribution in [-0.4, -0.2) is 113 Å². The van der Waals surface area contributed by atoms with Crippen molar-refractivity contribution >= 4 is 35.7 Å². The van der Waals surface area contributed by atoms with Crippen molar-refractivity contribution in [1.29, 1.82) is 0 Å². The van der Waals surface area contributed by atoms with Gasteiger partial charge in [0.25, 0.3) is 0 Å². The number of carbonyl (C=O) groups excluding carboxylic acids is 5. The molecule has 0 aliphatic carbocycles. The number of aliphatic carboxylic acids is 1. The van der Waals surface area contributed by atoms with Crippen LogP contribution in [0.4, 0.5) is 4.79 Å². The minimum atomic E-state index is -1.17. The van der Waals surface area contributed by atoms with Crippen LogP contribution in [0.5, 0.6) is 0 Å². The molecule has 1 aromatic carbocycles. The number of carboxylic acids is 1. The predicted molar refractivity (Wildman–Crippen MR) is 171 cm³/mol. The van der Waals surface area contributed by atoms with Crippen molar-refractivity contribution < 1.29 is 43.3 Å². The smallest absolute Gasteiger partial charge is 0.410 e. The lowest BCUT2D eigenvalue weighted by molar-refractivity contribution is -0.150. The number of carbonyl (C=O) groups is 6. The molecule has 14 nitrogen and oxygen atoms in total. The van der Waals surface area contributed by atoms with Crippen molar-refractivity contribution in [1.82, 2.24) is 25.8 Å². The van der Waals surface area contributed by atoms with Crippen LogP contribution in [0.2, 0.25) is 0 Å². The molecule has 2 fully saturated rings. The maximum Gasteiger partial charge on any atom is 0.410 e. The number of unbranched alkanes of at least 4 members (excludes halogenated alkanes) is 1. The van der Waals surface area contributed by atoms with E-state index in [4.69, 9.17) is 9.47 Å². The maximum atomic E-state index is 13.7. The lowest BCUT2D eigenvalue weighted by Crippen LogP contribution is -2.58. The molecule has 0 aromatic heterocycles. The van der Waals surface area contributed by atoms with Gasteiger partial charge in [0.15, 0.2) is 0 Å². The predicted octanol–water partition coefficient (Wildman–Crippen LogP) is 1.61. The van der Waals surface area contributed by atoms with E-state index in [1.54, 1.807) is 45.0 Å². The minimum Gasteiger partial charge on any atom is -0.480 e. The molecule has 0 radical (unpaired) electrons. The van der Waals surface area contributed by atoms with Gasteiger partial charge in [-0.25, -0.2) is 9.59 Å². The van der Waals surface area contributed by atoms with Gasteiger partial charge in [0.2, 0.25) is 23.6 Å². The molecule has 3 rings (SSSR count). The van der Waals surface area contributed by atoms with E-state index >= 15 is 0 Å². The molecule has 2 aliphatic rings. The summed E-state index contributed by atoms with van der Waals surface area (Å²) >= 11 is 0. The van der Waals surface area contributed by atoms with Crippen LogP contribution in [0.1, 0.15) is 71.8 Å². The molecular formula is C33H49N5O9. The highest BCUT2D eigenvalue weighted by atomic mass is 16.6. The summed E-state index contributed by atoms with van der Waals surface area (Å²) in [5, 5.41) is 17.5. The van der Waals surface area contributed by atoms with E-state index in [0.717, 1.165) is 18.4 Å². The Hall–Kier alpha value is -4.20. The number of benzene rings is 1. The monoisotopic (exact) mass is 659 g/mol. The molecule has 14 heteroatoms. The van der Waals surface area contributed by atoms with E-state index in [1.165, 1.54) is 9.80 Å². The Balaban J connectivity index is 1.70. The first kappa shape index (κ1) is 37.3. The number of ether oxygens (including phenoxy) is 2. The standard InChI is InChI=1S/C33H49N5O9/c1-5-6-18-46-21-24(30(42)37-16-11-15-26(37)31(43)44)36-28(40)23(19-22-12-8-7-9-13-22)35-27(39)20-34-29(41)25-14-10-17-38(25)32(45)47-33(2,3)4/h7-9,12-13,23-26H,5-6,10-11,14-21H2,1-4H3,(H,34,41)(H,35,39)(H,36,40)(H,43,44)/t23-,24-,25+,26+/m0/s1. The van der Waals surface area contributed by atoms with Crippen molar-refractivity contribution in [3.63, 3.8) is 0 Å². The van der Waals surface area contributed by atoms with Gasteiger partial charge in [-0.3, -0.25) is 24.1 Å². The van der Waals surface area contributed by atoms with E-state index < -0.39 is 72.0 Å². The van der Waals surface area contributed by atoms with E-state index in [2.05, 4.69) is 16.0 Å². The molecule has 0 bridgehead atoms. The SMILES string of the molecule is CCCCOC[C@H](NC(=O)[C@H](Cc1ccccc1)NC(=O)CNC(=O)[C@H]1CCCN1C(=O)OC(C)(C)C)C(=O)N1CCC[C@@H]1C(=O)O. The van der Waals surface area contributed by atoms with Crippen molar-refractivity contribution in [2.75, 3.05) is 32.8 Å².